The zero-order chi connectivity index (χ0) is 24.9. The predicted octanol–water partition coefficient (Wildman–Crippen LogP) is 4.39. The molecule has 3 saturated carbocycles. The molecule has 4 rings (SSSR count). The molecule has 0 saturated heterocycles. The molecule has 0 aromatic rings. The lowest BCUT2D eigenvalue weighted by molar-refractivity contribution is -0.896. The number of quaternary nitrogens is 1. The Morgan fingerprint density at radius 3 is 2.53 bits per heavy atom. The van der Waals surface area contributed by atoms with Crippen molar-refractivity contribution in [3.63, 3.8) is 0 Å². The minimum Gasteiger partial charge on any atom is -0.622 e. The maximum absolute atomic E-state index is 13.0. The van der Waals surface area contributed by atoms with Gasteiger partial charge in [0.2, 0.25) is 0 Å². The first-order valence-electron chi connectivity index (χ1n) is 13.0. The van der Waals surface area contributed by atoms with E-state index in [0.717, 1.165) is 62.7 Å². The van der Waals surface area contributed by atoms with Gasteiger partial charge in [0.25, 0.3) is 7.15 Å². The van der Waals surface area contributed by atoms with Gasteiger partial charge < -0.3 is 14.1 Å². The first-order valence-corrected chi connectivity index (χ1v) is 16.0. The number of likely N-dealkylation sites (N-methyl/N-ethyl adjacent to an activating group) is 1. The van der Waals surface area contributed by atoms with Gasteiger partial charge in [0, 0.05) is 18.9 Å². The van der Waals surface area contributed by atoms with Crippen LogP contribution < -0.4 is 4.89 Å². The minimum absolute atomic E-state index is 0.00170. The lowest BCUT2D eigenvalue weighted by Gasteiger charge is -2.57. The normalized spacial score (nSPS) is 40.6. The standard InChI is InChI=1S/C26H44NO5PS/c1-25-13-11-20(34-33(29,30)32-17-19(16-31-6)27(3,4)5)15-18(25)7-8-21-22-9-10-24(28)26(22,2)14-12-23(21)25/h7,19-23H,8-17H2,1-6H3/p+1/t19?,20-,21-,22-,23-,25-,26-/m0/s1. The molecule has 6 nitrogen and oxygen atoms in total. The first kappa shape index (κ1) is 27.0. The summed E-state index contributed by atoms with van der Waals surface area (Å²) in [6.07, 6.45) is 10.4. The van der Waals surface area contributed by atoms with Crippen molar-refractivity contribution in [2.45, 2.75) is 76.5 Å². The Hall–Kier alpha value is -0.0100. The van der Waals surface area contributed by atoms with Crippen molar-refractivity contribution in [2.75, 3.05) is 41.5 Å². The van der Waals surface area contributed by atoms with Crippen molar-refractivity contribution >= 4 is 24.3 Å². The van der Waals surface area contributed by atoms with Crippen LogP contribution in [0.15, 0.2) is 11.6 Å². The number of ketones is 1. The van der Waals surface area contributed by atoms with Gasteiger partial charge in [0.05, 0.1) is 37.8 Å². The summed E-state index contributed by atoms with van der Waals surface area (Å²) >= 11 is 1.15. The number of fused-ring (bicyclic) bond motifs is 5. The zero-order valence-electron chi connectivity index (χ0n) is 21.9. The van der Waals surface area contributed by atoms with E-state index < -0.39 is 7.15 Å². The first-order chi connectivity index (χ1) is 15.8. The van der Waals surface area contributed by atoms with Crippen molar-refractivity contribution in [1.29, 1.82) is 0 Å². The van der Waals surface area contributed by atoms with Crippen LogP contribution in [0.3, 0.4) is 0 Å². The number of carbonyl (C=O) groups excluding carboxylic acids is 1. The number of carbonyl (C=O) groups is 1. The van der Waals surface area contributed by atoms with Crippen molar-refractivity contribution in [3.8, 4) is 0 Å². The van der Waals surface area contributed by atoms with E-state index >= 15 is 0 Å². The van der Waals surface area contributed by atoms with Gasteiger partial charge in [0.1, 0.15) is 25.0 Å². The second-order valence-electron chi connectivity index (χ2n) is 12.6. The number of ether oxygens (including phenoxy) is 1. The van der Waals surface area contributed by atoms with Gasteiger partial charge in [0.15, 0.2) is 0 Å². The minimum atomic E-state index is -3.75. The molecule has 0 amide bonds. The molecule has 34 heavy (non-hydrogen) atoms. The van der Waals surface area contributed by atoms with E-state index in [0.29, 0.717) is 34.6 Å². The molecule has 0 bridgehead atoms. The Balaban J connectivity index is 1.40. The van der Waals surface area contributed by atoms with Crippen LogP contribution >= 0.6 is 18.5 Å². The molecule has 3 fully saturated rings. The van der Waals surface area contributed by atoms with Crippen LogP contribution in [0.1, 0.15) is 65.2 Å². The van der Waals surface area contributed by atoms with Crippen LogP contribution in [0, 0.1) is 28.6 Å². The summed E-state index contributed by atoms with van der Waals surface area (Å²) in [6.45, 7) is 5.35. The van der Waals surface area contributed by atoms with Crippen LogP contribution in [0.2, 0.25) is 0 Å². The summed E-state index contributed by atoms with van der Waals surface area (Å²) in [5.74, 6) is 2.28. The van der Waals surface area contributed by atoms with E-state index in [4.69, 9.17) is 9.26 Å². The van der Waals surface area contributed by atoms with E-state index in [2.05, 4.69) is 19.9 Å². The Labute approximate surface area is 210 Å². The topological polar surface area (TPSA) is 78.8 Å². The summed E-state index contributed by atoms with van der Waals surface area (Å²) in [4.78, 5) is 36.3. The zero-order valence-corrected chi connectivity index (χ0v) is 23.6. The Morgan fingerprint density at radius 1 is 1.18 bits per heavy atom. The van der Waals surface area contributed by atoms with Gasteiger partial charge in [-0.3, -0.25) is 4.79 Å². The fourth-order valence-electron chi connectivity index (χ4n) is 7.58. The van der Waals surface area contributed by atoms with Gasteiger partial charge in [-0.15, -0.1) is 0 Å². The molecule has 4 aliphatic carbocycles. The number of hydrogen-bond donors (Lipinski definition) is 1. The highest BCUT2D eigenvalue weighted by Crippen LogP contribution is 2.68. The summed E-state index contributed by atoms with van der Waals surface area (Å²) in [7, 11) is 4.03. The highest BCUT2D eigenvalue weighted by molar-refractivity contribution is 8.57. The molecule has 0 heterocycles. The number of nitrogens with zero attached hydrogens (tertiary/aromatic N) is 1. The Kier molecular flexibility index (Phi) is 7.71. The second-order valence-corrected chi connectivity index (χ2v) is 16.7. The average Bonchev–Trinajstić information content (AvgIpc) is 3.05. The van der Waals surface area contributed by atoms with Gasteiger partial charge in [-0.1, -0.05) is 25.5 Å². The molecule has 1 N–H and O–H groups in total. The van der Waals surface area contributed by atoms with Crippen molar-refractivity contribution in [3.05, 3.63) is 11.6 Å². The number of allylic oxidation sites excluding steroid dienone is 2. The van der Waals surface area contributed by atoms with Crippen molar-refractivity contribution < 1.29 is 28.3 Å². The van der Waals surface area contributed by atoms with Crippen molar-refractivity contribution in [1.82, 2.24) is 0 Å². The molecule has 0 aromatic heterocycles. The maximum Gasteiger partial charge on any atom is 0.295 e. The lowest BCUT2D eigenvalue weighted by atomic mass is 9.48. The monoisotopic (exact) mass is 514 g/mol. The third-order valence-electron chi connectivity index (χ3n) is 9.93. The van der Waals surface area contributed by atoms with Crippen LogP contribution in [0.5, 0.6) is 0 Å². The van der Waals surface area contributed by atoms with Crippen LogP contribution in [-0.4, -0.2) is 67.9 Å². The third-order valence-corrected chi connectivity index (χ3v) is 13.4. The maximum atomic E-state index is 13.0. The number of methoxy groups -OCH3 is 1. The van der Waals surface area contributed by atoms with E-state index in [-0.39, 0.29) is 28.7 Å². The third kappa shape index (κ3) is 5.05. The fraction of sp³-hybridized carbons (Fsp3) is 0.885. The van der Waals surface area contributed by atoms with Crippen LogP contribution in [0.4, 0.5) is 0 Å². The van der Waals surface area contributed by atoms with Crippen LogP contribution in [0.25, 0.3) is 0 Å². The summed E-state index contributed by atoms with van der Waals surface area (Å²) in [5.41, 5.74) is 1.55. The second kappa shape index (κ2) is 9.70. The van der Waals surface area contributed by atoms with E-state index in [1.165, 1.54) is 5.57 Å². The molecule has 0 aromatic carbocycles. The van der Waals surface area contributed by atoms with Gasteiger partial charge >= 0.3 is 0 Å². The Bertz CT molecular complexity index is 814. The largest absolute Gasteiger partial charge is 0.622 e. The van der Waals surface area contributed by atoms with Crippen molar-refractivity contribution in [2.24, 2.45) is 28.6 Å². The molecule has 8 atom stereocenters. The average molecular weight is 515 g/mol. The highest BCUT2D eigenvalue weighted by atomic mass is 32.7. The molecule has 0 spiro atoms. The molecule has 2 unspecified atom stereocenters. The summed E-state index contributed by atoms with van der Waals surface area (Å²) < 4.78 is 11.5. The highest BCUT2D eigenvalue weighted by Gasteiger charge is 2.59. The molecule has 0 radical (unpaired) electrons. The quantitative estimate of drug-likeness (QED) is 0.294. The molecule has 8 heteroatoms. The van der Waals surface area contributed by atoms with Gasteiger partial charge in [-0.2, -0.15) is 4.52 Å². The van der Waals surface area contributed by atoms with Gasteiger partial charge in [-0.05, 0) is 68.1 Å². The van der Waals surface area contributed by atoms with E-state index in [9.17, 15) is 14.6 Å². The molecular weight excluding hydrogens is 469 g/mol. The molecule has 4 aliphatic rings. The molecule has 194 valence electrons. The summed E-state index contributed by atoms with van der Waals surface area (Å²) in [6, 6.07) is -0.00170. The smallest absolute Gasteiger partial charge is 0.295 e. The lowest BCUT2D eigenvalue weighted by Crippen LogP contribution is -2.50. The SMILES string of the molecule is COCC(CO[P+]([O-])(O)S[C@H]1CC[C@@]2(C)C(=CC[C@@H]3[C@@H]2CC[C@]2(C)C(=O)CC[C@@H]32)C1)[N+](C)(C)C. The number of hydrogen-bond acceptors (Lipinski definition) is 6. The summed E-state index contributed by atoms with van der Waals surface area (Å²) in [5, 5.41) is 0.110. The van der Waals surface area contributed by atoms with E-state index in [1.807, 2.05) is 21.1 Å². The number of rotatable bonds is 8. The van der Waals surface area contributed by atoms with E-state index in [1.54, 1.807) is 7.11 Å². The molecule has 0 aliphatic heterocycles. The van der Waals surface area contributed by atoms with Crippen LogP contribution in [-0.2, 0) is 14.1 Å². The fourth-order valence-corrected chi connectivity index (χ4v) is 10.9. The Morgan fingerprint density at radius 2 is 1.85 bits per heavy atom. The van der Waals surface area contributed by atoms with Gasteiger partial charge in [-0.25, -0.2) is 4.89 Å². The molecular formula is C26H45NO5PS+. The predicted molar refractivity (Wildman–Crippen MR) is 137 cm³/mol. The number of Topliss-reactive ketones (excluding diaryl/α,β-unsaturated/α-hetero) is 1.